The van der Waals surface area contributed by atoms with Crippen LogP contribution in [0.4, 0.5) is 26.4 Å². The number of fused-ring (bicyclic) bond motifs is 1. The van der Waals surface area contributed by atoms with Crippen LogP contribution in [0.2, 0.25) is 0 Å². The molecule has 0 spiro atoms. The Bertz CT molecular complexity index is 1390. The van der Waals surface area contributed by atoms with Gasteiger partial charge >= 0.3 is 6.03 Å². The van der Waals surface area contributed by atoms with Crippen molar-refractivity contribution in [3.63, 3.8) is 0 Å². The molecule has 0 unspecified atom stereocenters. The Morgan fingerprint density at radius 2 is 1.71 bits per heavy atom. The van der Waals surface area contributed by atoms with Gasteiger partial charge in [-0.2, -0.15) is 0 Å². The van der Waals surface area contributed by atoms with Crippen LogP contribution in [-0.2, 0) is 0 Å². The van der Waals surface area contributed by atoms with Gasteiger partial charge in [-0.1, -0.05) is 31.0 Å². The number of rotatable bonds is 5. The summed E-state index contributed by atoms with van der Waals surface area (Å²) in [7, 11) is 0. The number of carbonyl (C=O) groups excluding carboxylic acids is 2. The van der Waals surface area contributed by atoms with E-state index in [1.165, 1.54) is 24.5 Å². The van der Waals surface area contributed by atoms with Gasteiger partial charge in [0.2, 0.25) is 0 Å². The second-order valence-electron chi connectivity index (χ2n) is 8.35. The molecule has 2 aromatic heterocycles. The Morgan fingerprint density at radius 3 is 2.44 bits per heavy atom. The first-order valence-electron chi connectivity index (χ1n) is 11.1. The number of anilines is 3. The zero-order valence-corrected chi connectivity index (χ0v) is 18.3. The molecule has 1 aliphatic carbocycles. The fourth-order valence-corrected chi connectivity index (χ4v) is 4.49. The topological polar surface area (TPSA) is 115 Å². The molecular weight excluding hydrogens is 435 g/mol. The van der Waals surface area contributed by atoms with E-state index < -0.39 is 11.8 Å². The summed E-state index contributed by atoms with van der Waals surface area (Å²) in [5.41, 5.74) is 8.37. The van der Waals surface area contributed by atoms with Crippen LogP contribution in [0.15, 0.2) is 61.1 Å². The number of nitrogens with zero attached hydrogens (tertiary/aromatic N) is 3. The lowest BCUT2D eigenvalue weighted by atomic mass is 10.0. The first-order chi connectivity index (χ1) is 16.5. The summed E-state index contributed by atoms with van der Waals surface area (Å²) in [6, 6.07) is 11.9. The molecule has 0 atom stereocenters. The molecule has 5 rings (SSSR count). The minimum atomic E-state index is -0.550. The number of aromatic nitrogens is 3. The smallest absolute Gasteiger partial charge is 0.323 e. The number of ketones is 1. The Balaban J connectivity index is 1.42. The first kappa shape index (κ1) is 21.6. The van der Waals surface area contributed by atoms with E-state index in [-0.39, 0.29) is 17.6 Å². The SMILES string of the molecule is Nc1ncnc2c1c(C(=O)c1cccc(NC(=O)Nc3cccc(F)c3)c1)cn2C1CCCC1. The molecule has 0 saturated heterocycles. The summed E-state index contributed by atoms with van der Waals surface area (Å²) >= 11 is 0. The Labute approximate surface area is 195 Å². The molecule has 2 heterocycles. The minimum absolute atomic E-state index is 0.238. The van der Waals surface area contributed by atoms with Crippen molar-refractivity contribution in [3.8, 4) is 0 Å². The highest BCUT2D eigenvalue weighted by molar-refractivity contribution is 6.18. The highest BCUT2D eigenvalue weighted by Crippen LogP contribution is 2.35. The van der Waals surface area contributed by atoms with Crippen LogP contribution >= 0.6 is 0 Å². The molecule has 2 aromatic carbocycles. The van der Waals surface area contributed by atoms with Crippen molar-refractivity contribution in [2.24, 2.45) is 0 Å². The molecule has 9 heteroatoms. The fraction of sp³-hybridized carbons (Fsp3) is 0.200. The van der Waals surface area contributed by atoms with Gasteiger partial charge in [0, 0.05) is 29.2 Å². The standard InChI is InChI=1S/C25H23FN6O2/c26-16-6-4-8-18(12-16)31-25(34)30-17-7-3-5-15(11-17)22(33)20-13-32(19-9-1-2-10-19)24-21(20)23(27)28-14-29-24/h3-8,11-14,19H,1-2,9-10H2,(H2,27,28,29)(H2,30,31,34). The number of halogens is 1. The molecule has 1 saturated carbocycles. The maximum atomic E-state index is 13.5. The zero-order valence-electron chi connectivity index (χ0n) is 18.3. The van der Waals surface area contributed by atoms with Crippen LogP contribution in [0.1, 0.15) is 47.6 Å². The van der Waals surface area contributed by atoms with Crippen LogP contribution in [0, 0.1) is 5.82 Å². The summed E-state index contributed by atoms with van der Waals surface area (Å²) in [4.78, 5) is 34.4. The van der Waals surface area contributed by atoms with E-state index in [1.54, 1.807) is 30.3 Å². The first-order valence-corrected chi connectivity index (χ1v) is 11.1. The third-order valence-electron chi connectivity index (χ3n) is 6.07. The molecule has 34 heavy (non-hydrogen) atoms. The van der Waals surface area contributed by atoms with Crippen molar-refractivity contribution < 1.29 is 14.0 Å². The van der Waals surface area contributed by atoms with Gasteiger partial charge < -0.3 is 20.9 Å². The Morgan fingerprint density at radius 1 is 1.00 bits per heavy atom. The number of urea groups is 1. The molecule has 172 valence electrons. The van der Waals surface area contributed by atoms with Gasteiger partial charge in [-0.3, -0.25) is 4.79 Å². The summed E-state index contributed by atoms with van der Waals surface area (Å²) in [6.07, 6.45) is 7.57. The highest BCUT2D eigenvalue weighted by atomic mass is 19.1. The molecule has 4 aromatic rings. The molecule has 8 nitrogen and oxygen atoms in total. The number of hydrogen-bond acceptors (Lipinski definition) is 5. The second-order valence-corrected chi connectivity index (χ2v) is 8.35. The lowest BCUT2D eigenvalue weighted by Crippen LogP contribution is -2.19. The minimum Gasteiger partial charge on any atom is -0.383 e. The van der Waals surface area contributed by atoms with Crippen molar-refractivity contribution in [1.29, 1.82) is 0 Å². The number of nitrogens with one attached hydrogen (secondary N) is 2. The Kier molecular flexibility index (Phi) is 5.67. The van der Waals surface area contributed by atoms with Gasteiger partial charge in [0.05, 0.1) is 10.9 Å². The van der Waals surface area contributed by atoms with Crippen LogP contribution in [-0.4, -0.2) is 26.3 Å². The predicted octanol–water partition coefficient (Wildman–Crippen LogP) is 5.14. The number of amides is 2. The summed E-state index contributed by atoms with van der Waals surface area (Å²) < 4.78 is 15.4. The van der Waals surface area contributed by atoms with Crippen LogP contribution in [0.25, 0.3) is 11.0 Å². The summed E-state index contributed by atoms with van der Waals surface area (Å²) in [5.74, 6) is -0.434. The molecule has 4 N–H and O–H groups in total. The van der Waals surface area contributed by atoms with Gasteiger partial charge in [0.1, 0.15) is 23.6 Å². The van der Waals surface area contributed by atoms with Crippen LogP contribution < -0.4 is 16.4 Å². The van der Waals surface area contributed by atoms with Gasteiger partial charge in [0.25, 0.3) is 0 Å². The van der Waals surface area contributed by atoms with E-state index in [4.69, 9.17) is 5.73 Å². The van der Waals surface area contributed by atoms with Gasteiger partial charge in [-0.15, -0.1) is 0 Å². The largest absolute Gasteiger partial charge is 0.383 e. The monoisotopic (exact) mass is 458 g/mol. The maximum absolute atomic E-state index is 13.5. The Hall–Kier alpha value is -4.27. The van der Waals surface area contributed by atoms with Crippen molar-refractivity contribution in [2.75, 3.05) is 16.4 Å². The van der Waals surface area contributed by atoms with Crippen molar-refractivity contribution in [2.45, 2.75) is 31.7 Å². The van der Waals surface area contributed by atoms with Crippen LogP contribution in [0.5, 0.6) is 0 Å². The van der Waals surface area contributed by atoms with Crippen LogP contribution in [0.3, 0.4) is 0 Å². The summed E-state index contributed by atoms with van der Waals surface area (Å²) in [5, 5.41) is 5.79. The lowest BCUT2D eigenvalue weighted by Gasteiger charge is -2.12. The zero-order chi connectivity index (χ0) is 23.7. The quantitative estimate of drug-likeness (QED) is 0.358. The van der Waals surface area contributed by atoms with Crippen molar-refractivity contribution >= 4 is 40.0 Å². The number of nitrogens with two attached hydrogens (primary N) is 1. The van der Waals surface area contributed by atoms with E-state index in [0.717, 1.165) is 25.7 Å². The average molecular weight is 458 g/mol. The molecule has 0 aliphatic heterocycles. The van der Waals surface area contributed by atoms with E-state index in [9.17, 15) is 14.0 Å². The van der Waals surface area contributed by atoms with Gasteiger partial charge in [0.15, 0.2) is 5.78 Å². The third-order valence-corrected chi connectivity index (χ3v) is 6.07. The fourth-order valence-electron chi connectivity index (χ4n) is 4.49. The van der Waals surface area contributed by atoms with E-state index in [2.05, 4.69) is 20.6 Å². The predicted molar refractivity (Wildman–Crippen MR) is 128 cm³/mol. The third kappa shape index (κ3) is 4.19. The molecule has 1 aliphatic rings. The molecular formula is C25H23FN6O2. The average Bonchev–Trinajstić information content (AvgIpc) is 3.47. The molecule has 1 fully saturated rings. The summed E-state index contributed by atoms with van der Waals surface area (Å²) in [6.45, 7) is 0. The second kappa shape index (κ2) is 8.93. The van der Waals surface area contributed by atoms with E-state index in [0.29, 0.717) is 33.5 Å². The van der Waals surface area contributed by atoms with Crippen molar-refractivity contribution in [1.82, 2.24) is 14.5 Å². The normalized spacial score (nSPS) is 13.8. The number of nitrogen functional groups attached to an aromatic ring is 1. The maximum Gasteiger partial charge on any atom is 0.323 e. The molecule has 2 amide bonds. The van der Waals surface area contributed by atoms with Gasteiger partial charge in [-0.05, 0) is 43.2 Å². The van der Waals surface area contributed by atoms with E-state index in [1.807, 2.05) is 10.8 Å². The number of benzene rings is 2. The molecule has 0 radical (unpaired) electrons. The van der Waals surface area contributed by atoms with Crippen molar-refractivity contribution in [3.05, 3.63) is 78.0 Å². The number of hydrogen-bond donors (Lipinski definition) is 3. The lowest BCUT2D eigenvalue weighted by molar-refractivity contribution is 0.104. The van der Waals surface area contributed by atoms with Gasteiger partial charge in [-0.25, -0.2) is 19.2 Å². The highest BCUT2D eigenvalue weighted by Gasteiger charge is 2.25. The number of carbonyl (C=O) groups is 2. The van der Waals surface area contributed by atoms with E-state index >= 15 is 0 Å². The molecule has 0 bridgehead atoms.